The molecule has 0 saturated carbocycles. The number of allylic oxidation sites excluding steroid dienone is 2. The van der Waals surface area contributed by atoms with Crippen LogP contribution in [0, 0.1) is 0 Å². The number of hydrogen-bond donors (Lipinski definition) is 0. The summed E-state index contributed by atoms with van der Waals surface area (Å²) in [6.07, 6.45) is 4.93. The molecule has 25 heavy (non-hydrogen) atoms. The van der Waals surface area contributed by atoms with Gasteiger partial charge in [0.1, 0.15) is 0 Å². The van der Waals surface area contributed by atoms with Crippen molar-refractivity contribution in [2.45, 2.75) is 33.1 Å². The molecule has 0 aromatic heterocycles. The van der Waals surface area contributed by atoms with Gasteiger partial charge in [-0.15, -0.1) is 0 Å². The van der Waals surface area contributed by atoms with Gasteiger partial charge < -0.3 is 14.2 Å². The van der Waals surface area contributed by atoms with E-state index in [1.165, 1.54) is 16.7 Å². The standard InChI is InChI=1S/C22H28O3/c1-16(2)11-14-19-18(13-12-17-9-7-6-8-10-17)15-20(23-3)22(25-5)21(19)24-4/h6-11,15H,12-14H2,1-5H3. The van der Waals surface area contributed by atoms with Crippen molar-refractivity contribution in [1.29, 1.82) is 0 Å². The minimum Gasteiger partial charge on any atom is -0.493 e. The molecule has 2 aromatic rings. The Morgan fingerprint density at radius 3 is 2.12 bits per heavy atom. The van der Waals surface area contributed by atoms with Crippen LogP contribution in [0.15, 0.2) is 48.0 Å². The Bertz CT molecular complexity index is 714. The fourth-order valence-electron chi connectivity index (χ4n) is 2.94. The summed E-state index contributed by atoms with van der Waals surface area (Å²) >= 11 is 0. The van der Waals surface area contributed by atoms with Crippen molar-refractivity contribution in [3.05, 3.63) is 64.7 Å². The van der Waals surface area contributed by atoms with Gasteiger partial charge in [0.2, 0.25) is 5.75 Å². The quantitative estimate of drug-likeness (QED) is 0.633. The molecule has 0 aliphatic rings. The van der Waals surface area contributed by atoms with Crippen LogP contribution >= 0.6 is 0 Å². The van der Waals surface area contributed by atoms with Crippen molar-refractivity contribution in [1.82, 2.24) is 0 Å². The summed E-state index contributed by atoms with van der Waals surface area (Å²) in [6, 6.07) is 12.6. The largest absolute Gasteiger partial charge is 0.493 e. The summed E-state index contributed by atoms with van der Waals surface area (Å²) < 4.78 is 16.8. The summed E-state index contributed by atoms with van der Waals surface area (Å²) in [7, 11) is 4.99. The van der Waals surface area contributed by atoms with Crippen LogP contribution < -0.4 is 14.2 Å². The molecule has 134 valence electrons. The van der Waals surface area contributed by atoms with Crippen molar-refractivity contribution in [3.8, 4) is 17.2 Å². The minimum absolute atomic E-state index is 0.658. The van der Waals surface area contributed by atoms with Gasteiger partial charge in [-0.25, -0.2) is 0 Å². The van der Waals surface area contributed by atoms with Crippen molar-refractivity contribution in [3.63, 3.8) is 0 Å². The number of benzene rings is 2. The smallest absolute Gasteiger partial charge is 0.203 e. The van der Waals surface area contributed by atoms with Gasteiger partial charge >= 0.3 is 0 Å². The molecule has 0 heterocycles. The molecule has 3 nitrogen and oxygen atoms in total. The lowest BCUT2D eigenvalue weighted by Crippen LogP contribution is -2.04. The first-order valence-electron chi connectivity index (χ1n) is 8.58. The Balaban J connectivity index is 2.45. The molecule has 0 radical (unpaired) electrons. The van der Waals surface area contributed by atoms with Crippen molar-refractivity contribution in [2.24, 2.45) is 0 Å². The van der Waals surface area contributed by atoms with E-state index in [-0.39, 0.29) is 0 Å². The second kappa shape index (κ2) is 9.16. The Kier molecular flexibility index (Phi) is 6.93. The van der Waals surface area contributed by atoms with E-state index in [0.29, 0.717) is 11.5 Å². The number of aryl methyl sites for hydroxylation is 2. The van der Waals surface area contributed by atoms with Gasteiger partial charge in [0.05, 0.1) is 21.3 Å². The number of rotatable bonds is 8. The Morgan fingerprint density at radius 1 is 0.880 bits per heavy atom. The van der Waals surface area contributed by atoms with E-state index >= 15 is 0 Å². The topological polar surface area (TPSA) is 27.7 Å². The van der Waals surface area contributed by atoms with Gasteiger partial charge in [-0.2, -0.15) is 0 Å². The zero-order valence-corrected chi connectivity index (χ0v) is 15.9. The van der Waals surface area contributed by atoms with Crippen molar-refractivity contribution < 1.29 is 14.2 Å². The molecular weight excluding hydrogens is 312 g/mol. The molecule has 2 rings (SSSR count). The Hall–Kier alpha value is -2.42. The van der Waals surface area contributed by atoms with E-state index in [1.807, 2.05) is 6.07 Å². The maximum atomic E-state index is 5.70. The van der Waals surface area contributed by atoms with E-state index in [1.54, 1.807) is 21.3 Å². The highest BCUT2D eigenvalue weighted by Gasteiger charge is 2.19. The third-order valence-corrected chi connectivity index (χ3v) is 4.27. The van der Waals surface area contributed by atoms with Gasteiger partial charge in [-0.3, -0.25) is 0 Å². The maximum Gasteiger partial charge on any atom is 0.203 e. The van der Waals surface area contributed by atoms with E-state index in [9.17, 15) is 0 Å². The normalized spacial score (nSPS) is 10.3. The zero-order valence-electron chi connectivity index (χ0n) is 15.9. The highest BCUT2D eigenvalue weighted by atomic mass is 16.5. The molecule has 0 aliphatic heterocycles. The molecule has 0 bridgehead atoms. The molecule has 0 saturated heterocycles. The van der Waals surface area contributed by atoms with Crippen LogP contribution in [-0.2, 0) is 19.3 Å². The lowest BCUT2D eigenvalue weighted by Gasteiger charge is -2.19. The fourth-order valence-corrected chi connectivity index (χ4v) is 2.94. The lowest BCUT2D eigenvalue weighted by molar-refractivity contribution is 0.322. The van der Waals surface area contributed by atoms with Gasteiger partial charge in [0.15, 0.2) is 11.5 Å². The zero-order chi connectivity index (χ0) is 18.2. The van der Waals surface area contributed by atoms with Crippen LogP contribution in [0.5, 0.6) is 17.2 Å². The first kappa shape index (κ1) is 18.9. The second-order valence-corrected chi connectivity index (χ2v) is 6.25. The fraction of sp³-hybridized carbons (Fsp3) is 0.364. The predicted octanol–water partition coefficient (Wildman–Crippen LogP) is 5.01. The van der Waals surface area contributed by atoms with E-state index in [2.05, 4.69) is 50.3 Å². The molecular formula is C22H28O3. The van der Waals surface area contributed by atoms with Crippen LogP contribution in [-0.4, -0.2) is 21.3 Å². The summed E-state index contributed by atoms with van der Waals surface area (Å²) in [5, 5.41) is 0. The molecule has 0 spiro atoms. The average molecular weight is 340 g/mol. The van der Waals surface area contributed by atoms with Crippen LogP contribution in [0.3, 0.4) is 0 Å². The van der Waals surface area contributed by atoms with Crippen LogP contribution in [0.2, 0.25) is 0 Å². The number of methoxy groups -OCH3 is 3. The lowest BCUT2D eigenvalue weighted by atomic mass is 9.95. The highest BCUT2D eigenvalue weighted by molar-refractivity contribution is 5.60. The molecule has 2 aromatic carbocycles. The average Bonchev–Trinajstić information content (AvgIpc) is 2.64. The van der Waals surface area contributed by atoms with Crippen molar-refractivity contribution in [2.75, 3.05) is 21.3 Å². The summed E-state index contributed by atoms with van der Waals surface area (Å²) in [6.45, 7) is 4.22. The van der Waals surface area contributed by atoms with Gasteiger partial charge in [-0.05, 0) is 50.3 Å². The summed E-state index contributed by atoms with van der Waals surface area (Å²) in [5.41, 5.74) is 5.00. The van der Waals surface area contributed by atoms with Gasteiger partial charge in [-0.1, -0.05) is 42.0 Å². The van der Waals surface area contributed by atoms with E-state index in [0.717, 1.165) is 30.6 Å². The predicted molar refractivity (Wildman–Crippen MR) is 103 cm³/mol. The highest BCUT2D eigenvalue weighted by Crippen LogP contribution is 2.42. The molecule has 0 unspecified atom stereocenters. The second-order valence-electron chi connectivity index (χ2n) is 6.25. The SMILES string of the molecule is COc1cc(CCc2ccccc2)c(CC=C(C)C)c(OC)c1OC. The van der Waals surface area contributed by atoms with Crippen molar-refractivity contribution >= 4 is 0 Å². The molecule has 0 aliphatic carbocycles. The summed E-state index contributed by atoms with van der Waals surface area (Å²) in [4.78, 5) is 0. The van der Waals surface area contributed by atoms with Crippen LogP contribution in [0.4, 0.5) is 0 Å². The minimum atomic E-state index is 0.658. The van der Waals surface area contributed by atoms with Crippen LogP contribution in [0.1, 0.15) is 30.5 Å². The molecule has 3 heteroatoms. The van der Waals surface area contributed by atoms with Gasteiger partial charge in [0.25, 0.3) is 0 Å². The first-order valence-corrected chi connectivity index (χ1v) is 8.58. The van der Waals surface area contributed by atoms with E-state index < -0.39 is 0 Å². The Morgan fingerprint density at radius 2 is 1.56 bits per heavy atom. The maximum absolute atomic E-state index is 5.70. The van der Waals surface area contributed by atoms with Gasteiger partial charge in [0, 0.05) is 5.56 Å². The summed E-state index contributed by atoms with van der Waals surface area (Å²) in [5.74, 6) is 2.14. The number of ether oxygens (including phenoxy) is 3. The monoisotopic (exact) mass is 340 g/mol. The molecule has 0 N–H and O–H groups in total. The first-order chi connectivity index (χ1) is 12.1. The number of hydrogen-bond acceptors (Lipinski definition) is 3. The van der Waals surface area contributed by atoms with E-state index in [4.69, 9.17) is 14.2 Å². The molecule has 0 atom stereocenters. The third-order valence-electron chi connectivity index (χ3n) is 4.27. The molecule has 0 amide bonds. The molecule has 0 fully saturated rings. The Labute approximate surface area is 151 Å². The van der Waals surface area contributed by atoms with Crippen LogP contribution in [0.25, 0.3) is 0 Å². The third kappa shape index (κ3) is 4.79.